The highest BCUT2D eigenvalue weighted by molar-refractivity contribution is 6.32. The molecule has 0 spiro atoms. The predicted octanol–water partition coefficient (Wildman–Crippen LogP) is 5.49. The summed E-state index contributed by atoms with van der Waals surface area (Å²) in [6.45, 7) is 2.40. The number of aromatic nitrogens is 3. The number of likely N-dealkylation sites (tertiary alicyclic amines) is 1. The Bertz CT molecular complexity index is 1440. The fourth-order valence-electron chi connectivity index (χ4n) is 4.80. The minimum Gasteiger partial charge on any atom is -0.465 e. The number of benzene rings is 2. The molecule has 0 atom stereocenters. The number of ether oxygens (including phenoxy) is 2. The van der Waals surface area contributed by atoms with E-state index in [-0.39, 0.29) is 12.5 Å². The number of anilines is 2. The molecule has 1 fully saturated rings. The van der Waals surface area contributed by atoms with Gasteiger partial charge in [-0.15, -0.1) is 0 Å². The molecule has 0 saturated carbocycles. The summed E-state index contributed by atoms with van der Waals surface area (Å²) in [7, 11) is 0. The van der Waals surface area contributed by atoms with Crippen LogP contribution in [0.4, 0.5) is 16.3 Å². The van der Waals surface area contributed by atoms with Crippen LogP contribution in [0.25, 0.3) is 11.0 Å². The summed E-state index contributed by atoms with van der Waals surface area (Å²) in [5.74, 6) is 2.13. The summed E-state index contributed by atoms with van der Waals surface area (Å²) in [6.07, 6.45) is 4.15. The number of carboxylic acid groups (broad SMARTS) is 1. The number of hydrogen-bond donors (Lipinski definition) is 3. The quantitative estimate of drug-likeness (QED) is 0.221. The summed E-state index contributed by atoms with van der Waals surface area (Å²) < 4.78 is 13.5. The van der Waals surface area contributed by atoms with Gasteiger partial charge in [0, 0.05) is 31.5 Å². The van der Waals surface area contributed by atoms with Crippen LogP contribution in [0, 0.1) is 0 Å². The Balaban J connectivity index is 1.27. The van der Waals surface area contributed by atoms with Crippen LogP contribution in [0.2, 0.25) is 5.02 Å². The Morgan fingerprint density at radius 2 is 1.95 bits per heavy atom. The van der Waals surface area contributed by atoms with Gasteiger partial charge >= 0.3 is 6.09 Å². The largest absolute Gasteiger partial charge is 0.465 e. The fraction of sp³-hybridized carbons (Fsp3) is 0.321. The first-order valence-electron chi connectivity index (χ1n) is 12.8. The van der Waals surface area contributed by atoms with Crippen molar-refractivity contribution in [2.45, 2.75) is 25.3 Å². The highest BCUT2D eigenvalue weighted by Crippen LogP contribution is 2.35. The molecule has 2 aromatic carbocycles. The van der Waals surface area contributed by atoms with E-state index < -0.39 is 6.09 Å². The van der Waals surface area contributed by atoms with Crippen molar-refractivity contribution in [3.05, 3.63) is 71.6 Å². The van der Waals surface area contributed by atoms with Gasteiger partial charge in [0.05, 0.1) is 30.4 Å². The molecule has 4 aromatic rings. The van der Waals surface area contributed by atoms with E-state index in [0.717, 1.165) is 35.1 Å². The van der Waals surface area contributed by atoms with Gasteiger partial charge in [0.2, 0.25) is 0 Å². The van der Waals surface area contributed by atoms with E-state index in [4.69, 9.17) is 26.2 Å². The highest BCUT2D eigenvalue weighted by atomic mass is 35.5. The van der Waals surface area contributed by atoms with Crippen molar-refractivity contribution in [1.29, 1.82) is 0 Å². The minimum absolute atomic E-state index is 0.0117. The van der Waals surface area contributed by atoms with Crippen molar-refractivity contribution in [2.75, 3.05) is 38.2 Å². The molecule has 3 heterocycles. The Kier molecular flexibility index (Phi) is 8.45. The van der Waals surface area contributed by atoms with Crippen LogP contribution >= 0.6 is 11.6 Å². The molecule has 0 unspecified atom stereocenters. The van der Waals surface area contributed by atoms with E-state index in [1.165, 1.54) is 11.2 Å². The SMILES string of the molecule is O=C(O)N1CCC(c2cccc(Oc3ccc(Nc4ncnc5ccn(CCOCCO)c45)cc3Cl)c2)CC1. The van der Waals surface area contributed by atoms with Gasteiger partial charge in [-0.25, -0.2) is 14.8 Å². The number of halogens is 1. The Labute approximate surface area is 230 Å². The summed E-state index contributed by atoms with van der Waals surface area (Å²) in [5, 5.41) is 21.9. The van der Waals surface area contributed by atoms with Gasteiger partial charge < -0.3 is 34.5 Å². The summed E-state index contributed by atoms with van der Waals surface area (Å²) in [4.78, 5) is 21.4. The maximum absolute atomic E-state index is 11.2. The number of aliphatic hydroxyl groups excluding tert-OH is 1. The van der Waals surface area contributed by atoms with Crippen LogP contribution in [0.15, 0.2) is 61.1 Å². The third kappa shape index (κ3) is 6.42. The Morgan fingerprint density at radius 1 is 1.10 bits per heavy atom. The number of rotatable bonds is 10. The lowest BCUT2D eigenvalue weighted by molar-refractivity contribution is 0.0875. The topological polar surface area (TPSA) is 122 Å². The number of nitrogens with zero attached hydrogens (tertiary/aromatic N) is 4. The lowest BCUT2D eigenvalue weighted by Gasteiger charge is -2.30. The fourth-order valence-corrected chi connectivity index (χ4v) is 5.02. The average molecular weight is 552 g/mol. The molecule has 1 amide bonds. The summed E-state index contributed by atoms with van der Waals surface area (Å²) in [5.41, 5.74) is 3.52. The van der Waals surface area contributed by atoms with E-state index in [0.29, 0.717) is 55.2 Å². The summed E-state index contributed by atoms with van der Waals surface area (Å²) >= 11 is 6.61. The number of aliphatic hydroxyl groups is 1. The lowest BCUT2D eigenvalue weighted by Crippen LogP contribution is -2.36. The summed E-state index contributed by atoms with van der Waals surface area (Å²) in [6, 6.07) is 15.3. The second-order valence-corrected chi connectivity index (χ2v) is 9.70. The zero-order valence-corrected chi connectivity index (χ0v) is 22.0. The molecule has 1 aliphatic rings. The third-order valence-electron chi connectivity index (χ3n) is 6.78. The molecule has 0 radical (unpaired) electrons. The number of piperidine rings is 1. The molecule has 11 heteroatoms. The van der Waals surface area contributed by atoms with E-state index in [1.54, 1.807) is 6.07 Å². The second-order valence-electron chi connectivity index (χ2n) is 9.29. The number of fused-ring (bicyclic) bond motifs is 1. The first-order valence-corrected chi connectivity index (χ1v) is 13.2. The average Bonchev–Trinajstić information content (AvgIpc) is 3.37. The number of nitrogens with one attached hydrogen (secondary N) is 1. The zero-order chi connectivity index (χ0) is 27.2. The van der Waals surface area contributed by atoms with Crippen LogP contribution in [0.3, 0.4) is 0 Å². The third-order valence-corrected chi connectivity index (χ3v) is 7.08. The van der Waals surface area contributed by atoms with Crippen molar-refractivity contribution in [3.63, 3.8) is 0 Å². The normalized spacial score (nSPS) is 14.1. The molecule has 0 aliphatic carbocycles. The van der Waals surface area contributed by atoms with Crippen LogP contribution < -0.4 is 10.1 Å². The second kappa shape index (κ2) is 12.3. The molecular formula is C28H30ClN5O5. The zero-order valence-electron chi connectivity index (χ0n) is 21.3. The van der Waals surface area contributed by atoms with Crippen LogP contribution in [-0.4, -0.2) is 68.7 Å². The van der Waals surface area contributed by atoms with E-state index in [2.05, 4.69) is 21.4 Å². The minimum atomic E-state index is -0.861. The molecule has 0 bridgehead atoms. The lowest BCUT2D eigenvalue weighted by atomic mass is 9.89. The smallest absolute Gasteiger partial charge is 0.407 e. The first-order chi connectivity index (χ1) is 19.0. The van der Waals surface area contributed by atoms with Gasteiger partial charge in [-0.05, 0) is 60.7 Å². The van der Waals surface area contributed by atoms with Gasteiger partial charge in [0.25, 0.3) is 0 Å². The van der Waals surface area contributed by atoms with Crippen LogP contribution in [0.5, 0.6) is 11.5 Å². The highest BCUT2D eigenvalue weighted by Gasteiger charge is 2.23. The van der Waals surface area contributed by atoms with Gasteiger partial charge in [-0.2, -0.15) is 0 Å². The van der Waals surface area contributed by atoms with E-state index >= 15 is 0 Å². The maximum Gasteiger partial charge on any atom is 0.407 e. The molecule has 5 rings (SSSR count). The van der Waals surface area contributed by atoms with E-state index in [1.807, 2.05) is 47.2 Å². The van der Waals surface area contributed by atoms with Crippen molar-refractivity contribution in [3.8, 4) is 11.5 Å². The van der Waals surface area contributed by atoms with Crippen LogP contribution in [0.1, 0.15) is 24.3 Å². The molecule has 1 saturated heterocycles. The van der Waals surface area contributed by atoms with Crippen molar-refractivity contribution < 1.29 is 24.5 Å². The van der Waals surface area contributed by atoms with E-state index in [9.17, 15) is 9.90 Å². The molecule has 3 N–H and O–H groups in total. The molecule has 1 aliphatic heterocycles. The molecule has 204 valence electrons. The Hall–Kier alpha value is -3.86. The standard InChI is InChI=1S/C28H30ClN5O5/c29-23-17-21(32-27-26-24(30-18-31-27)8-11-33(26)12-14-38-15-13-35)4-5-25(23)39-22-3-1-2-20(16-22)19-6-9-34(10-7-19)28(36)37/h1-5,8,11,16-19,35H,6-7,9-10,12-15H2,(H,36,37)(H,30,31,32). The van der Waals surface area contributed by atoms with Gasteiger partial charge in [-0.1, -0.05) is 23.7 Å². The molecule has 39 heavy (non-hydrogen) atoms. The number of hydrogen-bond acceptors (Lipinski definition) is 7. The van der Waals surface area contributed by atoms with Crippen molar-refractivity contribution in [1.82, 2.24) is 19.4 Å². The first kappa shape index (κ1) is 26.7. The molecular weight excluding hydrogens is 522 g/mol. The van der Waals surface area contributed by atoms with Crippen molar-refractivity contribution in [2.24, 2.45) is 0 Å². The maximum atomic E-state index is 11.2. The Morgan fingerprint density at radius 3 is 2.72 bits per heavy atom. The molecule has 2 aromatic heterocycles. The predicted molar refractivity (Wildman–Crippen MR) is 148 cm³/mol. The van der Waals surface area contributed by atoms with Gasteiger partial charge in [-0.3, -0.25) is 0 Å². The number of carbonyl (C=O) groups is 1. The van der Waals surface area contributed by atoms with Crippen molar-refractivity contribution >= 4 is 40.2 Å². The van der Waals surface area contributed by atoms with Gasteiger partial charge in [0.15, 0.2) is 5.82 Å². The molecule has 10 nitrogen and oxygen atoms in total. The van der Waals surface area contributed by atoms with Gasteiger partial charge in [0.1, 0.15) is 23.3 Å². The monoisotopic (exact) mass is 551 g/mol. The number of amides is 1. The van der Waals surface area contributed by atoms with Crippen LogP contribution in [-0.2, 0) is 11.3 Å².